The van der Waals surface area contributed by atoms with Crippen LogP contribution in [0.1, 0.15) is 30.2 Å². The monoisotopic (exact) mass is 209 g/mol. The van der Waals surface area contributed by atoms with Gasteiger partial charge in [0.25, 0.3) is 0 Å². The van der Waals surface area contributed by atoms with Crippen LogP contribution in [0.4, 0.5) is 0 Å². The number of aryl methyl sites for hydroxylation is 1. The van der Waals surface area contributed by atoms with E-state index in [0.29, 0.717) is 0 Å². The van der Waals surface area contributed by atoms with Gasteiger partial charge in [0.05, 0.1) is 19.9 Å². The van der Waals surface area contributed by atoms with E-state index in [4.69, 9.17) is 4.42 Å². The summed E-state index contributed by atoms with van der Waals surface area (Å²) in [6, 6.07) is 2.20. The molecule has 2 rings (SSSR count). The Kier molecular flexibility index (Phi) is 3.06. The van der Waals surface area contributed by atoms with Gasteiger partial charge in [0.2, 0.25) is 0 Å². The van der Waals surface area contributed by atoms with Crippen LogP contribution in [0.25, 0.3) is 0 Å². The third-order valence-corrected chi connectivity index (χ3v) is 2.77. The minimum absolute atomic E-state index is 0.228. The van der Waals surface area contributed by atoms with Gasteiger partial charge in [-0.15, -0.1) is 0 Å². The number of ether oxygens (including phenoxy) is 1. The Bertz CT molecular complexity index is 345. The van der Waals surface area contributed by atoms with Crippen molar-refractivity contribution < 1.29 is 13.9 Å². The smallest absolute Gasteiger partial charge is 0.319 e. The summed E-state index contributed by atoms with van der Waals surface area (Å²) in [5.74, 6) is 0.814. The van der Waals surface area contributed by atoms with E-state index in [1.807, 2.05) is 6.07 Å². The SMILES string of the molecule is COC(=O)CNC1CCCc2occc21. The fraction of sp³-hybridized carbons (Fsp3) is 0.545. The van der Waals surface area contributed by atoms with Crippen molar-refractivity contribution in [3.63, 3.8) is 0 Å². The molecule has 1 N–H and O–H groups in total. The summed E-state index contributed by atoms with van der Waals surface area (Å²) in [7, 11) is 1.40. The Balaban J connectivity index is 1.97. The maximum absolute atomic E-state index is 11.0. The second-order valence-corrected chi connectivity index (χ2v) is 3.70. The van der Waals surface area contributed by atoms with Crippen molar-refractivity contribution in [3.8, 4) is 0 Å². The van der Waals surface area contributed by atoms with Crippen LogP contribution in [-0.2, 0) is 16.0 Å². The highest BCUT2D eigenvalue weighted by molar-refractivity contribution is 5.71. The summed E-state index contributed by atoms with van der Waals surface area (Å²) < 4.78 is 9.95. The molecule has 1 aromatic rings. The molecule has 15 heavy (non-hydrogen) atoms. The zero-order valence-electron chi connectivity index (χ0n) is 8.79. The van der Waals surface area contributed by atoms with E-state index in [2.05, 4.69) is 10.1 Å². The molecular weight excluding hydrogens is 194 g/mol. The number of hydrogen-bond donors (Lipinski definition) is 1. The van der Waals surface area contributed by atoms with E-state index in [0.717, 1.165) is 25.0 Å². The zero-order chi connectivity index (χ0) is 10.7. The fourth-order valence-electron chi connectivity index (χ4n) is 1.98. The lowest BCUT2D eigenvalue weighted by Crippen LogP contribution is -2.30. The number of carbonyl (C=O) groups excluding carboxylic acids is 1. The molecule has 1 aliphatic carbocycles. The molecule has 0 fully saturated rings. The molecule has 4 heteroatoms. The Morgan fingerprint density at radius 3 is 3.40 bits per heavy atom. The predicted octanol–water partition coefficient (Wildman–Crippen LogP) is 1.42. The van der Waals surface area contributed by atoms with E-state index < -0.39 is 0 Å². The van der Waals surface area contributed by atoms with E-state index in [9.17, 15) is 4.79 Å². The van der Waals surface area contributed by atoms with Crippen molar-refractivity contribution in [2.24, 2.45) is 0 Å². The highest BCUT2D eigenvalue weighted by Gasteiger charge is 2.22. The summed E-state index contributed by atoms with van der Waals surface area (Å²) in [6.07, 6.45) is 4.85. The molecule has 0 aromatic carbocycles. The predicted molar refractivity (Wildman–Crippen MR) is 54.4 cm³/mol. The average molecular weight is 209 g/mol. The van der Waals surface area contributed by atoms with Crippen LogP contribution >= 0.6 is 0 Å². The van der Waals surface area contributed by atoms with Crippen molar-refractivity contribution in [2.75, 3.05) is 13.7 Å². The second kappa shape index (κ2) is 4.49. The first kappa shape index (κ1) is 10.2. The fourth-order valence-corrected chi connectivity index (χ4v) is 1.98. The van der Waals surface area contributed by atoms with Crippen molar-refractivity contribution in [2.45, 2.75) is 25.3 Å². The van der Waals surface area contributed by atoms with Gasteiger partial charge in [-0.3, -0.25) is 10.1 Å². The van der Waals surface area contributed by atoms with Gasteiger partial charge in [-0.2, -0.15) is 0 Å². The molecule has 0 saturated heterocycles. The Morgan fingerprint density at radius 2 is 2.60 bits per heavy atom. The van der Waals surface area contributed by atoms with E-state index in [1.165, 1.54) is 12.7 Å². The molecule has 1 unspecified atom stereocenters. The first-order valence-corrected chi connectivity index (χ1v) is 5.17. The number of carbonyl (C=O) groups is 1. The van der Waals surface area contributed by atoms with Gasteiger partial charge in [0.15, 0.2) is 0 Å². The number of rotatable bonds is 3. The van der Waals surface area contributed by atoms with E-state index in [1.54, 1.807) is 6.26 Å². The summed E-state index contributed by atoms with van der Waals surface area (Å²) in [6.45, 7) is 0.256. The van der Waals surface area contributed by atoms with Crippen molar-refractivity contribution in [1.29, 1.82) is 0 Å². The van der Waals surface area contributed by atoms with Crippen LogP contribution in [0.15, 0.2) is 16.7 Å². The van der Waals surface area contributed by atoms with Gasteiger partial charge in [0.1, 0.15) is 5.76 Å². The van der Waals surface area contributed by atoms with Gasteiger partial charge in [0, 0.05) is 18.0 Å². The van der Waals surface area contributed by atoms with Gasteiger partial charge < -0.3 is 9.15 Å². The van der Waals surface area contributed by atoms with Gasteiger partial charge in [-0.1, -0.05) is 0 Å². The van der Waals surface area contributed by atoms with Crippen LogP contribution < -0.4 is 5.32 Å². The quantitative estimate of drug-likeness (QED) is 0.765. The van der Waals surface area contributed by atoms with Crippen molar-refractivity contribution >= 4 is 5.97 Å². The summed E-state index contributed by atoms with van der Waals surface area (Å²) in [4.78, 5) is 11.0. The van der Waals surface area contributed by atoms with Crippen LogP contribution in [0.2, 0.25) is 0 Å². The standard InChI is InChI=1S/C11H15NO3/c1-14-11(13)7-12-9-3-2-4-10-8(9)5-6-15-10/h5-6,9,12H,2-4,7H2,1H3. The van der Waals surface area contributed by atoms with Crippen LogP contribution in [0.3, 0.4) is 0 Å². The molecule has 0 spiro atoms. The first-order chi connectivity index (χ1) is 7.31. The number of esters is 1. The third kappa shape index (κ3) is 2.21. The van der Waals surface area contributed by atoms with Gasteiger partial charge in [-0.25, -0.2) is 0 Å². The highest BCUT2D eigenvalue weighted by atomic mass is 16.5. The molecule has 0 amide bonds. The number of nitrogens with one attached hydrogen (secondary N) is 1. The van der Waals surface area contributed by atoms with E-state index in [-0.39, 0.29) is 18.6 Å². The summed E-state index contributed by atoms with van der Waals surface area (Å²) in [5.41, 5.74) is 1.19. The number of fused-ring (bicyclic) bond motifs is 1. The van der Waals surface area contributed by atoms with Crippen molar-refractivity contribution in [1.82, 2.24) is 5.32 Å². The minimum Gasteiger partial charge on any atom is -0.469 e. The number of methoxy groups -OCH3 is 1. The van der Waals surface area contributed by atoms with Crippen LogP contribution in [-0.4, -0.2) is 19.6 Å². The zero-order valence-corrected chi connectivity index (χ0v) is 8.79. The third-order valence-electron chi connectivity index (χ3n) is 2.77. The normalized spacial score (nSPS) is 19.7. The lowest BCUT2D eigenvalue weighted by molar-refractivity contribution is -0.139. The Labute approximate surface area is 88.6 Å². The van der Waals surface area contributed by atoms with Crippen LogP contribution in [0.5, 0.6) is 0 Å². The molecule has 1 heterocycles. The lowest BCUT2D eigenvalue weighted by atomic mass is 9.93. The maximum atomic E-state index is 11.0. The number of hydrogen-bond acceptors (Lipinski definition) is 4. The molecule has 0 saturated carbocycles. The average Bonchev–Trinajstić information content (AvgIpc) is 2.74. The molecule has 0 radical (unpaired) electrons. The highest BCUT2D eigenvalue weighted by Crippen LogP contribution is 2.30. The minimum atomic E-state index is -0.231. The summed E-state index contributed by atoms with van der Waals surface area (Å²) in [5, 5.41) is 3.18. The molecule has 82 valence electrons. The molecule has 0 bridgehead atoms. The molecule has 0 aliphatic heterocycles. The molecule has 4 nitrogen and oxygen atoms in total. The topological polar surface area (TPSA) is 51.5 Å². The largest absolute Gasteiger partial charge is 0.469 e. The van der Waals surface area contributed by atoms with Crippen LogP contribution in [0, 0.1) is 0 Å². The van der Waals surface area contributed by atoms with Gasteiger partial charge >= 0.3 is 5.97 Å². The summed E-state index contributed by atoms with van der Waals surface area (Å²) >= 11 is 0. The second-order valence-electron chi connectivity index (χ2n) is 3.70. The lowest BCUT2D eigenvalue weighted by Gasteiger charge is -2.22. The molecule has 1 aromatic heterocycles. The molecule has 1 atom stereocenters. The van der Waals surface area contributed by atoms with Crippen molar-refractivity contribution in [3.05, 3.63) is 23.7 Å². The number of furan rings is 1. The molecular formula is C11H15NO3. The van der Waals surface area contributed by atoms with E-state index >= 15 is 0 Å². The maximum Gasteiger partial charge on any atom is 0.319 e. The first-order valence-electron chi connectivity index (χ1n) is 5.17. The molecule has 1 aliphatic rings. The Hall–Kier alpha value is -1.29. The Morgan fingerprint density at radius 1 is 1.73 bits per heavy atom. The van der Waals surface area contributed by atoms with Gasteiger partial charge in [-0.05, 0) is 18.9 Å².